The first-order chi connectivity index (χ1) is 9.25. The lowest BCUT2D eigenvalue weighted by Gasteiger charge is -2.48. The van der Waals surface area contributed by atoms with E-state index in [9.17, 15) is 0 Å². The van der Waals surface area contributed by atoms with Crippen molar-refractivity contribution in [1.29, 1.82) is 0 Å². The second-order valence-electron chi connectivity index (χ2n) is 7.47. The number of likely N-dealkylation sites (tertiary alicyclic amines) is 1. The summed E-state index contributed by atoms with van der Waals surface area (Å²) in [5, 5.41) is 3.78. The smallest absolute Gasteiger partial charge is 0.0252 e. The molecule has 2 heteroatoms. The molecule has 0 radical (unpaired) electrons. The molecule has 3 fully saturated rings. The SMILES string of the molecule is CC1CCC(C)C(N2CCCCC2C2CCCN2)C1. The Balaban J connectivity index is 1.71. The second-order valence-corrected chi connectivity index (χ2v) is 7.47. The molecule has 0 bridgehead atoms. The van der Waals surface area contributed by atoms with Gasteiger partial charge in [0.25, 0.3) is 0 Å². The van der Waals surface area contributed by atoms with Gasteiger partial charge in [0.05, 0.1) is 0 Å². The molecule has 0 aromatic rings. The lowest BCUT2D eigenvalue weighted by atomic mass is 9.77. The van der Waals surface area contributed by atoms with Crippen LogP contribution in [-0.2, 0) is 0 Å². The van der Waals surface area contributed by atoms with Crippen LogP contribution in [0.15, 0.2) is 0 Å². The van der Waals surface area contributed by atoms with Crippen LogP contribution in [0.5, 0.6) is 0 Å². The molecule has 3 aliphatic rings. The summed E-state index contributed by atoms with van der Waals surface area (Å²) < 4.78 is 0. The van der Waals surface area contributed by atoms with Gasteiger partial charge in [0.2, 0.25) is 0 Å². The Hall–Kier alpha value is -0.0800. The Labute approximate surface area is 119 Å². The quantitative estimate of drug-likeness (QED) is 0.822. The van der Waals surface area contributed by atoms with Crippen molar-refractivity contribution < 1.29 is 0 Å². The van der Waals surface area contributed by atoms with Crippen molar-refractivity contribution in [3.8, 4) is 0 Å². The molecule has 5 atom stereocenters. The van der Waals surface area contributed by atoms with Gasteiger partial charge < -0.3 is 5.32 Å². The Bertz CT molecular complexity index is 283. The van der Waals surface area contributed by atoms with Gasteiger partial charge in [-0.05, 0) is 63.5 Å². The minimum absolute atomic E-state index is 0.796. The van der Waals surface area contributed by atoms with Gasteiger partial charge in [-0.1, -0.05) is 26.7 Å². The van der Waals surface area contributed by atoms with Gasteiger partial charge in [0.15, 0.2) is 0 Å². The van der Waals surface area contributed by atoms with Gasteiger partial charge in [0, 0.05) is 18.1 Å². The average Bonchev–Trinajstić information content (AvgIpc) is 2.95. The van der Waals surface area contributed by atoms with Crippen molar-refractivity contribution in [1.82, 2.24) is 10.2 Å². The van der Waals surface area contributed by atoms with E-state index in [0.717, 1.165) is 30.0 Å². The molecule has 19 heavy (non-hydrogen) atoms. The summed E-state index contributed by atoms with van der Waals surface area (Å²) in [4.78, 5) is 2.94. The van der Waals surface area contributed by atoms with Crippen molar-refractivity contribution >= 4 is 0 Å². The van der Waals surface area contributed by atoms with Gasteiger partial charge in [0.1, 0.15) is 0 Å². The van der Waals surface area contributed by atoms with Gasteiger partial charge in [-0.2, -0.15) is 0 Å². The third-order valence-corrected chi connectivity index (χ3v) is 6.00. The molecule has 0 aromatic heterocycles. The Morgan fingerprint density at radius 1 is 0.895 bits per heavy atom. The van der Waals surface area contributed by atoms with Crippen molar-refractivity contribution in [2.24, 2.45) is 11.8 Å². The molecule has 0 amide bonds. The molecule has 0 aromatic carbocycles. The minimum atomic E-state index is 0.796. The van der Waals surface area contributed by atoms with Crippen molar-refractivity contribution in [3.63, 3.8) is 0 Å². The van der Waals surface area contributed by atoms with E-state index in [1.54, 1.807) is 0 Å². The number of nitrogens with one attached hydrogen (secondary N) is 1. The zero-order chi connectivity index (χ0) is 13.2. The molecule has 1 N–H and O–H groups in total. The maximum atomic E-state index is 3.78. The molecule has 110 valence electrons. The molecule has 3 rings (SSSR count). The molecule has 2 heterocycles. The van der Waals surface area contributed by atoms with Crippen LogP contribution in [-0.4, -0.2) is 36.1 Å². The van der Waals surface area contributed by atoms with Crippen molar-refractivity contribution in [2.45, 2.75) is 83.3 Å². The van der Waals surface area contributed by atoms with Crippen LogP contribution >= 0.6 is 0 Å². The fraction of sp³-hybridized carbons (Fsp3) is 1.00. The lowest BCUT2D eigenvalue weighted by Crippen LogP contribution is -2.56. The normalized spacial score (nSPS) is 45.5. The largest absolute Gasteiger partial charge is 0.312 e. The van der Waals surface area contributed by atoms with Crippen LogP contribution in [0.4, 0.5) is 0 Å². The first-order valence-electron chi connectivity index (χ1n) is 8.75. The van der Waals surface area contributed by atoms with E-state index in [1.807, 2.05) is 0 Å². The maximum absolute atomic E-state index is 3.78. The van der Waals surface area contributed by atoms with Gasteiger partial charge in [-0.15, -0.1) is 0 Å². The third kappa shape index (κ3) is 3.00. The number of nitrogens with zero attached hydrogens (tertiary/aromatic N) is 1. The number of rotatable bonds is 2. The average molecular weight is 264 g/mol. The van der Waals surface area contributed by atoms with E-state index in [-0.39, 0.29) is 0 Å². The zero-order valence-electron chi connectivity index (χ0n) is 12.9. The molecular weight excluding hydrogens is 232 g/mol. The summed E-state index contributed by atoms with van der Waals surface area (Å²) in [5.41, 5.74) is 0. The van der Waals surface area contributed by atoms with Crippen LogP contribution < -0.4 is 5.32 Å². The van der Waals surface area contributed by atoms with Crippen LogP contribution in [0.1, 0.15) is 65.2 Å². The molecule has 2 nitrogen and oxygen atoms in total. The van der Waals surface area contributed by atoms with Gasteiger partial charge in [-0.25, -0.2) is 0 Å². The molecule has 1 aliphatic carbocycles. The molecule has 5 unspecified atom stereocenters. The monoisotopic (exact) mass is 264 g/mol. The fourth-order valence-electron chi connectivity index (χ4n) is 4.83. The predicted molar refractivity (Wildman–Crippen MR) is 81.3 cm³/mol. The number of piperidine rings is 1. The Kier molecular flexibility index (Phi) is 4.48. The van der Waals surface area contributed by atoms with E-state index in [1.165, 1.54) is 64.5 Å². The van der Waals surface area contributed by atoms with Gasteiger partial charge >= 0.3 is 0 Å². The predicted octanol–water partition coefficient (Wildman–Crippen LogP) is 3.42. The summed E-state index contributed by atoms with van der Waals surface area (Å²) in [7, 11) is 0. The standard InChI is InChI=1S/C17H32N2/c1-13-8-9-14(2)17(12-13)19-11-4-3-7-16(19)15-6-5-10-18-15/h13-18H,3-12H2,1-2H3. The summed E-state index contributed by atoms with van der Waals surface area (Å²) >= 11 is 0. The highest BCUT2D eigenvalue weighted by Crippen LogP contribution is 2.36. The fourth-order valence-corrected chi connectivity index (χ4v) is 4.83. The van der Waals surface area contributed by atoms with Crippen molar-refractivity contribution in [2.75, 3.05) is 13.1 Å². The number of hydrogen-bond acceptors (Lipinski definition) is 2. The molecule has 2 saturated heterocycles. The number of hydrogen-bond donors (Lipinski definition) is 1. The second kappa shape index (κ2) is 6.13. The van der Waals surface area contributed by atoms with E-state index >= 15 is 0 Å². The molecule has 1 saturated carbocycles. The first kappa shape index (κ1) is 13.9. The van der Waals surface area contributed by atoms with Crippen LogP contribution in [0.2, 0.25) is 0 Å². The topological polar surface area (TPSA) is 15.3 Å². The first-order valence-corrected chi connectivity index (χ1v) is 8.75. The highest BCUT2D eigenvalue weighted by molar-refractivity contribution is 4.95. The summed E-state index contributed by atoms with van der Waals surface area (Å²) in [6.07, 6.45) is 11.5. The summed E-state index contributed by atoms with van der Waals surface area (Å²) in [6.45, 7) is 7.59. The molecule has 2 aliphatic heterocycles. The molecular formula is C17H32N2. The van der Waals surface area contributed by atoms with E-state index in [0.29, 0.717) is 0 Å². The summed E-state index contributed by atoms with van der Waals surface area (Å²) in [6, 6.07) is 2.51. The maximum Gasteiger partial charge on any atom is 0.0252 e. The van der Waals surface area contributed by atoms with E-state index in [2.05, 4.69) is 24.1 Å². The van der Waals surface area contributed by atoms with Crippen molar-refractivity contribution in [3.05, 3.63) is 0 Å². The minimum Gasteiger partial charge on any atom is -0.312 e. The highest BCUT2D eigenvalue weighted by atomic mass is 15.2. The third-order valence-electron chi connectivity index (χ3n) is 6.00. The van der Waals surface area contributed by atoms with Crippen LogP contribution in [0.25, 0.3) is 0 Å². The van der Waals surface area contributed by atoms with Crippen LogP contribution in [0.3, 0.4) is 0 Å². The summed E-state index contributed by atoms with van der Waals surface area (Å²) in [5.74, 6) is 1.86. The highest BCUT2D eigenvalue weighted by Gasteiger charge is 2.38. The van der Waals surface area contributed by atoms with E-state index in [4.69, 9.17) is 0 Å². The molecule has 0 spiro atoms. The zero-order valence-corrected chi connectivity index (χ0v) is 12.9. The lowest BCUT2D eigenvalue weighted by molar-refractivity contribution is 0.0180. The Morgan fingerprint density at radius 3 is 2.58 bits per heavy atom. The van der Waals surface area contributed by atoms with Crippen LogP contribution in [0, 0.1) is 11.8 Å². The van der Waals surface area contributed by atoms with Gasteiger partial charge in [-0.3, -0.25) is 4.90 Å². The Morgan fingerprint density at radius 2 is 1.79 bits per heavy atom. The van der Waals surface area contributed by atoms with E-state index < -0.39 is 0 Å².